The maximum absolute atomic E-state index is 11.5. The quantitative estimate of drug-likeness (QED) is 0.793. The summed E-state index contributed by atoms with van der Waals surface area (Å²) in [5.41, 5.74) is 0.740. The molecule has 3 N–H and O–H groups in total. The van der Waals surface area contributed by atoms with Crippen LogP contribution < -0.4 is 5.32 Å². The second-order valence-corrected chi connectivity index (χ2v) is 5.38. The molecule has 0 radical (unpaired) electrons. The van der Waals surface area contributed by atoms with Gasteiger partial charge in [-0.3, -0.25) is 14.9 Å². The summed E-state index contributed by atoms with van der Waals surface area (Å²) in [6, 6.07) is 5.44. The number of halogens is 1. The van der Waals surface area contributed by atoms with E-state index in [1.807, 2.05) is 6.92 Å². The number of benzene rings is 1. The minimum Gasteiger partial charge on any atom is -0.481 e. The van der Waals surface area contributed by atoms with Crippen LogP contribution in [0.4, 0.5) is 0 Å². The molecule has 0 saturated carbocycles. The van der Waals surface area contributed by atoms with Crippen molar-refractivity contribution in [2.45, 2.75) is 25.4 Å². The van der Waals surface area contributed by atoms with E-state index in [9.17, 15) is 19.8 Å². The molecule has 1 aromatic rings. The van der Waals surface area contributed by atoms with Crippen LogP contribution in [0.15, 0.2) is 24.3 Å². The van der Waals surface area contributed by atoms with Gasteiger partial charge in [0.05, 0.1) is 5.92 Å². The molecule has 0 bridgehead atoms. The molecule has 5 nitrogen and oxygen atoms in total. The molecule has 4 atom stereocenters. The van der Waals surface area contributed by atoms with Crippen molar-refractivity contribution in [3.63, 3.8) is 0 Å². The summed E-state index contributed by atoms with van der Waals surface area (Å²) in [5, 5.41) is 22.2. The van der Waals surface area contributed by atoms with Gasteiger partial charge in [-0.05, 0) is 23.6 Å². The average Bonchev–Trinajstić information content (AvgIpc) is 2.79. The second-order valence-electron chi connectivity index (χ2n) is 4.95. The van der Waals surface area contributed by atoms with Crippen LogP contribution in [-0.2, 0) is 9.59 Å². The number of hydrogen-bond acceptors (Lipinski definition) is 3. The van der Waals surface area contributed by atoms with Crippen molar-refractivity contribution in [2.24, 2.45) is 11.8 Å². The topological polar surface area (TPSA) is 86.6 Å². The highest BCUT2D eigenvalue weighted by Crippen LogP contribution is 2.39. The third-order valence-electron chi connectivity index (χ3n) is 3.86. The van der Waals surface area contributed by atoms with Crippen molar-refractivity contribution < 1.29 is 19.8 Å². The zero-order valence-corrected chi connectivity index (χ0v) is 11.7. The van der Waals surface area contributed by atoms with Gasteiger partial charge in [-0.2, -0.15) is 0 Å². The number of rotatable bonds is 4. The fourth-order valence-corrected chi connectivity index (χ4v) is 3.04. The minimum absolute atomic E-state index is 0.439. The van der Waals surface area contributed by atoms with Crippen molar-refractivity contribution >= 4 is 23.5 Å². The van der Waals surface area contributed by atoms with Crippen molar-refractivity contribution in [1.29, 1.82) is 0 Å². The molecule has 0 amide bonds. The van der Waals surface area contributed by atoms with Crippen molar-refractivity contribution in [3.05, 3.63) is 34.9 Å². The summed E-state index contributed by atoms with van der Waals surface area (Å²) in [5.74, 6) is -3.19. The number of hydrogen-bond donors (Lipinski definition) is 3. The van der Waals surface area contributed by atoms with E-state index in [0.717, 1.165) is 5.56 Å². The van der Waals surface area contributed by atoms with Crippen molar-refractivity contribution in [3.8, 4) is 0 Å². The molecule has 1 fully saturated rings. The van der Waals surface area contributed by atoms with Crippen LogP contribution >= 0.6 is 11.6 Å². The summed E-state index contributed by atoms with van der Waals surface area (Å²) in [4.78, 5) is 22.8. The molecule has 0 aliphatic carbocycles. The first-order valence-corrected chi connectivity index (χ1v) is 6.80. The summed E-state index contributed by atoms with van der Waals surface area (Å²) in [7, 11) is 0. The Labute approximate surface area is 121 Å². The van der Waals surface area contributed by atoms with Gasteiger partial charge < -0.3 is 10.2 Å². The Morgan fingerprint density at radius 1 is 1.20 bits per heavy atom. The monoisotopic (exact) mass is 297 g/mol. The molecular weight excluding hydrogens is 282 g/mol. The zero-order valence-electron chi connectivity index (χ0n) is 10.9. The first kappa shape index (κ1) is 14.8. The van der Waals surface area contributed by atoms with Gasteiger partial charge in [0.1, 0.15) is 6.04 Å². The molecule has 1 aliphatic heterocycles. The largest absolute Gasteiger partial charge is 0.481 e. The molecule has 4 unspecified atom stereocenters. The third kappa shape index (κ3) is 2.64. The predicted octanol–water partition coefficient (Wildman–Crippen LogP) is 2.16. The Balaban J connectivity index is 2.38. The third-order valence-corrected chi connectivity index (χ3v) is 4.11. The summed E-state index contributed by atoms with van der Waals surface area (Å²) in [6.07, 6.45) is 0.491. The van der Waals surface area contributed by atoms with E-state index in [4.69, 9.17) is 11.6 Å². The molecule has 1 saturated heterocycles. The molecule has 20 heavy (non-hydrogen) atoms. The van der Waals surface area contributed by atoms with Crippen LogP contribution in [0.2, 0.25) is 5.02 Å². The molecule has 108 valence electrons. The van der Waals surface area contributed by atoms with Gasteiger partial charge in [0.2, 0.25) is 0 Å². The number of carboxylic acid groups (broad SMARTS) is 2. The van der Waals surface area contributed by atoms with Crippen molar-refractivity contribution in [1.82, 2.24) is 5.32 Å². The highest BCUT2D eigenvalue weighted by Gasteiger charge is 2.49. The van der Waals surface area contributed by atoms with E-state index in [1.165, 1.54) is 0 Å². The van der Waals surface area contributed by atoms with Gasteiger partial charge in [0.15, 0.2) is 0 Å². The molecule has 0 spiro atoms. The second kappa shape index (κ2) is 5.81. The standard InChI is InChI=1S/C14H16ClNO4/c1-2-9-10(13(17)18)11(16-12(9)14(19)20)7-3-5-8(15)6-4-7/h3-6,9-12,16H,2H2,1H3,(H,17,18)(H,19,20). The summed E-state index contributed by atoms with van der Waals surface area (Å²) >= 11 is 5.82. The smallest absolute Gasteiger partial charge is 0.321 e. The van der Waals surface area contributed by atoms with Gasteiger partial charge in [0.25, 0.3) is 0 Å². The Morgan fingerprint density at radius 2 is 1.80 bits per heavy atom. The fourth-order valence-electron chi connectivity index (χ4n) is 2.92. The maximum atomic E-state index is 11.5. The van der Waals surface area contributed by atoms with Gasteiger partial charge >= 0.3 is 11.9 Å². The summed E-state index contributed by atoms with van der Waals surface area (Å²) < 4.78 is 0. The molecular formula is C14H16ClNO4. The number of aliphatic carboxylic acids is 2. The Hall–Kier alpha value is -1.59. The van der Waals surface area contributed by atoms with Gasteiger partial charge in [-0.1, -0.05) is 37.1 Å². The Bertz CT molecular complexity index is 516. The molecule has 6 heteroatoms. The molecule has 1 aliphatic rings. The van der Waals surface area contributed by atoms with Crippen LogP contribution in [-0.4, -0.2) is 28.2 Å². The fraction of sp³-hybridized carbons (Fsp3) is 0.429. The van der Waals surface area contributed by atoms with Gasteiger partial charge in [-0.25, -0.2) is 0 Å². The number of nitrogens with one attached hydrogen (secondary N) is 1. The van der Waals surface area contributed by atoms with E-state index >= 15 is 0 Å². The van der Waals surface area contributed by atoms with Crippen molar-refractivity contribution in [2.75, 3.05) is 0 Å². The Kier molecular flexibility index (Phi) is 4.30. The first-order valence-electron chi connectivity index (χ1n) is 6.42. The molecule has 0 aromatic heterocycles. The lowest BCUT2D eigenvalue weighted by Gasteiger charge is -2.19. The van der Waals surface area contributed by atoms with Crippen LogP contribution in [0.3, 0.4) is 0 Å². The van der Waals surface area contributed by atoms with E-state index in [2.05, 4.69) is 5.32 Å². The van der Waals surface area contributed by atoms with Gasteiger partial charge in [0, 0.05) is 11.1 Å². The van der Waals surface area contributed by atoms with Gasteiger partial charge in [-0.15, -0.1) is 0 Å². The van der Waals surface area contributed by atoms with E-state index in [1.54, 1.807) is 24.3 Å². The lowest BCUT2D eigenvalue weighted by molar-refractivity contribution is -0.144. The molecule has 1 aromatic carbocycles. The molecule has 2 rings (SSSR count). The number of carbonyl (C=O) groups is 2. The van der Waals surface area contributed by atoms with E-state index < -0.39 is 35.9 Å². The maximum Gasteiger partial charge on any atom is 0.321 e. The lowest BCUT2D eigenvalue weighted by atomic mass is 9.83. The minimum atomic E-state index is -1.01. The number of carboxylic acids is 2. The molecule has 1 heterocycles. The zero-order chi connectivity index (χ0) is 14.9. The summed E-state index contributed by atoms with van der Waals surface area (Å²) in [6.45, 7) is 1.81. The lowest BCUT2D eigenvalue weighted by Crippen LogP contribution is -2.36. The van der Waals surface area contributed by atoms with Crippen LogP contribution in [0, 0.1) is 11.8 Å². The average molecular weight is 298 g/mol. The SMILES string of the molecule is CCC1C(C(=O)O)NC(c2ccc(Cl)cc2)C1C(=O)O. The normalized spacial score (nSPS) is 29.3. The van der Waals surface area contributed by atoms with E-state index in [0.29, 0.717) is 11.4 Å². The highest BCUT2D eigenvalue weighted by molar-refractivity contribution is 6.30. The highest BCUT2D eigenvalue weighted by atomic mass is 35.5. The van der Waals surface area contributed by atoms with Crippen LogP contribution in [0.1, 0.15) is 24.9 Å². The van der Waals surface area contributed by atoms with Crippen LogP contribution in [0.5, 0.6) is 0 Å². The van der Waals surface area contributed by atoms with Crippen LogP contribution in [0.25, 0.3) is 0 Å². The predicted molar refractivity (Wildman–Crippen MR) is 73.7 cm³/mol. The Morgan fingerprint density at radius 3 is 2.25 bits per heavy atom. The first-order chi connectivity index (χ1) is 9.45. The van der Waals surface area contributed by atoms with E-state index in [-0.39, 0.29) is 0 Å².